The molecule has 0 saturated heterocycles. The van der Waals surface area contributed by atoms with Gasteiger partial charge in [0.1, 0.15) is 6.20 Å². The predicted molar refractivity (Wildman–Crippen MR) is 53.7 cm³/mol. The maximum Gasteiger partial charge on any atom is 0.308 e. The molecule has 1 rings (SSSR count). The van der Waals surface area contributed by atoms with E-state index in [-0.39, 0.29) is 0 Å². The molecule has 1 aromatic heterocycles. The van der Waals surface area contributed by atoms with Gasteiger partial charge in [-0.25, -0.2) is 13.8 Å². The van der Waals surface area contributed by atoms with E-state index in [1.54, 1.807) is 0 Å². The van der Waals surface area contributed by atoms with Gasteiger partial charge in [0.05, 0.1) is 29.6 Å². The molecule has 0 atom stereocenters. The number of nitrogens with zero attached hydrogens (tertiary/aromatic N) is 2. The number of hydrogen-bond acceptors (Lipinski definition) is 5. The number of alkyl halides is 2. The van der Waals surface area contributed by atoms with Crippen molar-refractivity contribution in [3.63, 3.8) is 0 Å². The maximum absolute atomic E-state index is 12.8. The third kappa shape index (κ3) is 2.67. The molecule has 18 heavy (non-hydrogen) atoms. The van der Waals surface area contributed by atoms with Crippen molar-refractivity contribution in [3.8, 4) is 5.88 Å². The fraction of sp³-hybridized carbons (Fsp3) is 0.333. The number of ether oxygens (including phenoxy) is 1. The number of nitro groups is 1. The zero-order valence-corrected chi connectivity index (χ0v) is 9.09. The van der Waals surface area contributed by atoms with E-state index < -0.39 is 46.4 Å². The van der Waals surface area contributed by atoms with E-state index >= 15 is 0 Å². The fourth-order valence-electron chi connectivity index (χ4n) is 1.42. The van der Waals surface area contributed by atoms with Gasteiger partial charge in [0.2, 0.25) is 5.88 Å². The molecule has 0 amide bonds. The quantitative estimate of drug-likeness (QED) is 0.638. The van der Waals surface area contributed by atoms with E-state index in [1.165, 1.54) is 0 Å². The highest BCUT2D eigenvalue weighted by molar-refractivity contribution is 5.73. The van der Waals surface area contributed by atoms with E-state index in [2.05, 4.69) is 9.72 Å². The van der Waals surface area contributed by atoms with Crippen molar-refractivity contribution < 1.29 is 28.3 Å². The van der Waals surface area contributed by atoms with E-state index in [9.17, 15) is 23.7 Å². The molecule has 0 saturated carbocycles. The first-order valence-corrected chi connectivity index (χ1v) is 4.58. The van der Waals surface area contributed by atoms with Gasteiger partial charge in [-0.05, 0) is 0 Å². The van der Waals surface area contributed by atoms with Crippen LogP contribution >= 0.6 is 0 Å². The summed E-state index contributed by atoms with van der Waals surface area (Å²) in [6, 6.07) is 0. The SMILES string of the molecule is COc1ncc([N+](=O)[O-])c(CC(=O)O)c1C(F)F. The first-order chi connectivity index (χ1) is 8.38. The summed E-state index contributed by atoms with van der Waals surface area (Å²) in [5.74, 6) is -1.99. The zero-order valence-electron chi connectivity index (χ0n) is 9.09. The predicted octanol–water partition coefficient (Wildman–Crippen LogP) is 1.56. The Hall–Kier alpha value is -2.32. The van der Waals surface area contributed by atoms with Gasteiger partial charge < -0.3 is 9.84 Å². The van der Waals surface area contributed by atoms with Crippen molar-refractivity contribution >= 4 is 11.7 Å². The van der Waals surface area contributed by atoms with Crippen LogP contribution < -0.4 is 4.74 Å². The Kier molecular flexibility index (Phi) is 4.08. The van der Waals surface area contributed by atoms with E-state index in [0.717, 1.165) is 7.11 Å². The molecule has 0 aromatic carbocycles. The molecule has 1 aromatic rings. The van der Waals surface area contributed by atoms with Crippen LogP contribution in [0.2, 0.25) is 0 Å². The summed E-state index contributed by atoms with van der Waals surface area (Å²) in [7, 11) is 1.06. The second-order valence-electron chi connectivity index (χ2n) is 3.17. The lowest BCUT2D eigenvalue weighted by Crippen LogP contribution is -2.10. The fourth-order valence-corrected chi connectivity index (χ4v) is 1.42. The summed E-state index contributed by atoms with van der Waals surface area (Å²) >= 11 is 0. The van der Waals surface area contributed by atoms with Gasteiger partial charge in [-0.15, -0.1) is 0 Å². The Morgan fingerprint density at radius 1 is 1.67 bits per heavy atom. The molecule has 0 aliphatic heterocycles. The Bertz CT molecular complexity index is 492. The standard InChI is InChI=1S/C9H8F2N2O5/c1-18-9-7(8(10)11)4(2-6(14)15)5(3-12-9)13(16)17/h3,8H,2H2,1H3,(H,14,15). The lowest BCUT2D eigenvalue weighted by molar-refractivity contribution is -0.386. The monoisotopic (exact) mass is 262 g/mol. The van der Waals surface area contributed by atoms with E-state index in [4.69, 9.17) is 5.11 Å². The molecule has 98 valence electrons. The molecule has 1 N–H and O–H groups in total. The molecule has 1 heterocycles. The van der Waals surface area contributed by atoms with Crippen LogP contribution in [0.5, 0.6) is 5.88 Å². The normalized spacial score (nSPS) is 10.4. The minimum atomic E-state index is -3.12. The molecule has 0 aliphatic rings. The minimum absolute atomic E-state index is 0.521. The minimum Gasteiger partial charge on any atom is -0.481 e. The molecule has 0 aliphatic carbocycles. The molecule has 0 bridgehead atoms. The van der Waals surface area contributed by atoms with Crippen molar-refractivity contribution in [1.82, 2.24) is 4.98 Å². The van der Waals surface area contributed by atoms with Gasteiger partial charge in [-0.1, -0.05) is 0 Å². The number of carbonyl (C=O) groups is 1. The van der Waals surface area contributed by atoms with Crippen LogP contribution in [0.25, 0.3) is 0 Å². The molecular formula is C9H8F2N2O5. The van der Waals surface area contributed by atoms with Crippen LogP contribution in [0.15, 0.2) is 6.20 Å². The van der Waals surface area contributed by atoms with Gasteiger partial charge in [0, 0.05) is 0 Å². The molecule has 7 nitrogen and oxygen atoms in total. The van der Waals surface area contributed by atoms with Crippen LogP contribution in [-0.2, 0) is 11.2 Å². The van der Waals surface area contributed by atoms with Gasteiger partial charge in [-0.3, -0.25) is 14.9 Å². The highest BCUT2D eigenvalue weighted by Crippen LogP contribution is 2.35. The van der Waals surface area contributed by atoms with Crippen LogP contribution in [-0.4, -0.2) is 28.1 Å². The number of carboxylic acid groups (broad SMARTS) is 1. The molecule has 0 unspecified atom stereocenters. The number of rotatable bonds is 5. The third-order valence-corrected chi connectivity index (χ3v) is 2.11. The van der Waals surface area contributed by atoms with Crippen LogP contribution in [0.1, 0.15) is 17.6 Å². The topological polar surface area (TPSA) is 103 Å². The van der Waals surface area contributed by atoms with Crippen LogP contribution in [0, 0.1) is 10.1 Å². The molecular weight excluding hydrogens is 254 g/mol. The highest BCUT2D eigenvalue weighted by atomic mass is 19.3. The van der Waals surface area contributed by atoms with Crippen molar-refractivity contribution in [3.05, 3.63) is 27.4 Å². The second kappa shape index (κ2) is 5.34. The summed E-state index contributed by atoms with van der Waals surface area (Å²) in [6.45, 7) is 0. The average molecular weight is 262 g/mol. The van der Waals surface area contributed by atoms with Gasteiger partial charge in [-0.2, -0.15) is 0 Å². The number of aromatic nitrogens is 1. The molecule has 0 spiro atoms. The van der Waals surface area contributed by atoms with E-state index in [0.29, 0.717) is 6.20 Å². The molecule has 0 radical (unpaired) electrons. The van der Waals surface area contributed by atoms with Crippen LogP contribution in [0.4, 0.5) is 14.5 Å². The van der Waals surface area contributed by atoms with Crippen LogP contribution in [0.3, 0.4) is 0 Å². The first kappa shape index (κ1) is 13.7. The largest absolute Gasteiger partial charge is 0.481 e. The average Bonchev–Trinajstić information content (AvgIpc) is 2.26. The van der Waals surface area contributed by atoms with Crippen molar-refractivity contribution in [2.24, 2.45) is 0 Å². The maximum atomic E-state index is 12.8. The Balaban J connectivity index is 3.53. The number of pyridine rings is 1. The molecule has 9 heteroatoms. The van der Waals surface area contributed by atoms with E-state index in [1.807, 2.05) is 0 Å². The number of methoxy groups -OCH3 is 1. The Morgan fingerprint density at radius 3 is 2.67 bits per heavy atom. The lowest BCUT2D eigenvalue weighted by Gasteiger charge is -2.11. The summed E-state index contributed by atoms with van der Waals surface area (Å²) in [6.07, 6.45) is -3.33. The summed E-state index contributed by atoms with van der Waals surface area (Å²) in [5, 5.41) is 19.3. The van der Waals surface area contributed by atoms with Crippen molar-refractivity contribution in [2.75, 3.05) is 7.11 Å². The zero-order chi connectivity index (χ0) is 13.9. The Morgan fingerprint density at radius 2 is 2.28 bits per heavy atom. The Labute approximate surface area is 99.2 Å². The first-order valence-electron chi connectivity index (χ1n) is 4.58. The lowest BCUT2D eigenvalue weighted by atomic mass is 10.0. The summed E-state index contributed by atoms with van der Waals surface area (Å²) < 4.78 is 30.2. The summed E-state index contributed by atoms with van der Waals surface area (Å²) in [4.78, 5) is 23.7. The molecule has 0 fully saturated rings. The van der Waals surface area contributed by atoms with Gasteiger partial charge >= 0.3 is 5.97 Å². The summed E-state index contributed by atoms with van der Waals surface area (Å²) in [5.41, 5.74) is -2.24. The number of carboxylic acids is 1. The van der Waals surface area contributed by atoms with Crippen molar-refractivity contribution in [2.45, 2.75) is 12.8 Å². The third-order valence-electron chi connectivity index (χ3n) is 2.11. The number of halogens is 2. The smallest absolute Gasteiger partial charge is 0.308 e. The second-order valence-corrected chi connectivity index (χ2v) is 3.17. The van der Waals surface area contributed by atoms with Crippen molar-refractivity contribution in [1.29, 1.82) is 0 Å². The highest BCUT2D eigenvalue weighted by Gasteiger charge is 2.29. The number of aliphatic carboxylic acids is 1. The van der Waals surface area contributed by atoms with Gasteiger partial charge in [0.15, 0.2) is 0 Å². The van der Waals surface area contributed by atoms with Gasteiger partial charge in [0.25, 0.3) is 12.1 Å². The number of hydrogen-bond donors (Lipinski definition) is 1.